The lowest BCUT2D eigenvalue weighted by atomic mass is 10.2. The van der Waals surface area contributed by atoms with Gasteiger partial charge in [-0.05, 0) is 30.3 Å². The molecular weight excluding hydrogens is 464 g/mol. The maximum absolute atomic E-state index is 12.5. The van der Waals surface area contributed by atoms with E-state index in [9.17, 15) is 9.59 Å². The first-order valence-corrected chi connectivity index (χ1v) is 9.37. The molecule has 9 heteroatoms. The first kappa shape index (κ1) is 19.2. The Balaban J connectivity index is 1.74. The zero-order valence-corrected chi connectivity index (χ0v) is 17.0. The van der Waals surface area contributed by atoms with Crippen LogP contribution in [-0.4, -0.2) is 15.5 Å². The fraction of sp³-hybridized carbons (Fsp3) is 0.118. The fourth-order valence-electron chi connectivity index (χ4n) is 2.34. The standard InChI is InChI=1S/C17H11BrCl3N3O2/c18-9-1-2-14-10(5-9)17(26)24(8-22-14)4-3-16(25)23-15-7-12(20)11(19)6-13(15)21/h1-2,5-8H,3-4H2,(H,23,25). The van der Waals surface area contributed by atoms with E-state index in [1.807, 2.05) is 6.07 Å². The number of carbonyl (C=O) groups excluding carboxylic acids is 1. The quantitative estimate of drug-likeness (QED) is 0.531. The molecule has 3 rings (SSSR count). The van der Waals surface area contributed by atoms with E-state index in [1.54, 1.807) is 12.1 Å². The maximum atomic E-state index is 12.5. The van der Waals surface area contributed by atoms with Crippen molar-refractivity contribution >= 4 is 73.2 Å². The molecule has 0 fully saturated rings. The van der Waals surface area contributed by atoms with Crippen LogP contribution in [0, 0.1) is 0 Å². The van der Waals surface area contributed by atoms with Gasteiger partial charge in [0, 0.05) is 17.4 Å². The Hall–Kier alpha value is -1.60. The third-order valence-electron chi connectivity index (χ3n) is 3.65. The molecule has 2 aromatic carbocycles. The van der Waals surface area contributed by atoms with E-state index in [-0.39, 0.29) is 34.5 Å². The molecule has 1 N–H and O–H groups in total. The lowest BCUT2D eigenvalue weighted by Gasteiger charge is -2.10. The molecule has 1 heterocycles. The van der Waals surface area contributed by atoms with Gasteiger partial charge in [0.1, 0.15) is 0 Å². The molecule has 0 aliphatic carbocycles. The SMILES string of the molecule is O=C(CCn1cnc2ccc(Br)cc2c1=O)Nc1cc(Cl)c(Cl)cc1Cl. The van der Waals surface area contributed by atoms with Crippen molar-refractivity contribution in [1.29, 1.82) is 0 Å². The monoisotopic (exact) mass is 473 g/mol. The van der Waals surface area contributed by atoms with Crippen LogP contribution in [0.5, 0.6) is 0 Å². The topological polar surface area (TPSA) is 64.0 Å². The zero-order chi connectivity index (χ0) is 18.8. The van der Waals surface area contributed by atoms with Gasteiger partial charge in [-0.1, -0.05) is 50.7 Å². The van der Waals surface area contributed by atoms with Crippen LogP contribution < -0.4 is 10.9 Å². The zero-order valence-electron chi connectivity index (χ0n) is 13.1. The number of nitrogens with zero attached hydrogens (tertiary/aromatic N) is 2. The second-order valence-corrected chi connectivity index (χ2v) is 7.59. The molecule has 0 spiro atoms. The average Bonchev–Trinajstić information content (AvgIpc) is 2.59. The van der Waals surface area contributed by atoms with E-state index in [0.29, 0.717) is 21.6 Å². The Labute approximate surface area is 172 Å². The predicted octanol–water partition coefficient (Wildman–Crippen LogP) is 5.15. The largest absolute Gasteiger partial charge is 0.325 e. The number of anilines is 1. The summed E-state index contributed by atoms with van der Waals surface area (Å²) in [6.45, 7) is 0.180. The van der Waals surface area contributed by atoms with E-state index in [0.717, 1.165) is 4.47 Å². The Kier molecular flexibility index (Phi) is 5.87. The van der Waals surface area contributed by atoms with Crippen molar-refractivity contribution in [1.82, 2.24) is 9.55 Å². The average molecular weight is 476 g/mol. The fourth-order valence-corrected chi connectivity index (χ4v) is 3.30. The predicted molar refractivity (Wildman–Crippen MR) is 108 cm³/mol. The van der Waals surface area contributed by atoms with Crippen molar-refractivity contribution < 1.29 is 4.79 Å². The van der Waals surface area contributed by atoms with E-state index in [2.05, 4.69) is 26.2 Å². The summed E-state index contributed by atoms with van der Waals surface area (Å²) < 4.78 is 2.18. The number of hydrogen-bond donors (Lipinski definition) is 1. The molecule has 0 unspecified atom stereocenters. The van der Waals surface area contributed by atoms with Crippen LogP contribution in [0.3, 0.4) is 0 Å². The highest BCUT2D eigenvalue weighted by molar-refractivity contribution is 9.10. The minimum Gasteiger partial charge on any atom is -0.325 e. The second-order valence-electron chi connectivity index (χ2n) is 5.45. The summed E-state index contributed by atoms with van der Waals surface area (Å²) in [7, 11) is 0. The Morgan fingerprint density at radius 3 is 2.62 bits per heavy atom. The van der Waals surface area contributed by atoms with Crippen LogP contribution >= 0.6 is 50.7 Å². The summed E-state index contributed by atoms with van der Waals surface area (Å²) >= 11 is 21.2. The van der Waals surface area contributed by atoms with Gasteiger partial charge in [0.2, 0.25) is 5.91 Å². The van der Waals surface area contributed by atoms with Crippen molar-refractivity contribution in [2.75, 3.05) is 5.32 Å². The maximum Gasteiger partial charge on any atom is 0.261 e. The van der Waals surface area contributed by atoms with Crippen LogP contribution in [0.4, 0.5) is 5.69 Å². The Morgan fingerprint density at radius 1 is 1.12 bits per heavy atom. The molecule has 26 heavy (non-hydrogen) atoms. The first-order valence-electron chi connectivity index (χ1n) is 7.44. The minimum absolute atomic E-state index is 0.0671. The Morgan fingerprint density at radius 2 is 1.85 bits per heavy atom. The third kappa shape index (κ3) is 4.20. The number of rotatable bonds is 4. The van der Waals surface area contributed by atoms with E-state index in [1.165, 1.54) is 23.0 Å². The van der Waals surface area contributed by atoms with Gasteiger partial charge in [-0.3, -0.25) is 14.2 Å². The molecule has 5 nitrogen and oxygen atoms in total. The van der Waals surface area contributed by atoms with Gasteiger partial charge in [-0.15, -0.1) is 0 Å². The summed E-state index contributed by atoms with van der Waals surface area (Å²) in [5.74, 6) is -0.313. The number of nitrogens with one attached hydrogen (secondary N) is 1. The highest BCUT2D eigenvalue weighted by Crippen LogP contribution is 2.32. The van der Waals surface area contributed by atoms with Gasteiger partial charge in [0.05, 0.1) is 38.0 Å². The minimum atomic E-state index is -0.313. The molecule has 134 valence electrons. The van der Waals surface area contributed by atoms with Gasteiger partial charge in [-0.25, -0.2) is 4.98 Å². The highest BCUT2D eigenvalue weighted by Gasteiger charge is 2.11. The van der Waals surface area contributed by atoms with Gasteiger partial charge < -0.3 is 5.32 Å². The molecule has 1 aromatic heterocycles. The summed E-state index contributed by atoms with van der Waals surface area (Å²) in [5.41, 5.74) is 0.747. The molecule has 0 saturated carbocycles. The van der Waals surface area contributed by atoms with Gasteiger partial charge in [0.25, 0.3) is 5.56 Å². The molecule has 0 bridgehead atoms. The molecule has 0 saturated heterocycles. The van der Waals surface area contributed by atoms with Crippen LogP contribution in [0.2, 0.25) is 15.1 Å². The van der Waals surface area contributed by atoms with E-state index < -0.39 is 0 Å². The van der Waals surface area contributed by atoms with Gasteiger partial charge >= 0.3 is 0 Å². The summed E-state index contributed by atoms with van der Waals surface area (Å²) in [6.07, 6.45) is 1.50. The number of aryl methyl sites for hydroxylation is 1. The molecular formula is C17H11BrCl3N3O2. The number of aromatic nitrogens is 2. The lowest BCUT2D eigenvalue weighted by Crippen LogP contribution is -2.23. The van der Waals surface area contributed by atoms with Crippen molar-refractivity contribution in [3.63, 3.8) is 0 Å². The summed E-state index contributed by atoms with van der Waals surface area (Å²) in [4.78, 5) is 28.9. The Bertz CT molecular complexity index is 1070. The molecule has 1 amide bonds. The third-order valence-corrected chi connectivity index (χ3v) is 5.18. The number of halogens is 4. The molecule has 0 radical (unpaired) electrons. The van der Waals surface area contributed by atoms with Crippen molar-refractivity contribution in [2.45, 2.75) is 13.0 Å². The second kappa shape index (κ2) is 7.96. The number of hydrogen-bond acceptors (Lipinski definition) is 3. The lowest BCUT2D eigenvalue weighted by molar-refractivity contribution is -0.116. The first-order chi connectivity index (χ1) is 12.3. The van der Waals surface area contributed by atoms with Crippen molar-refractivity contribution in [3.8, 4) is 0 Å². The van der Waals surface area contributed by atoms with Crippen LogP contribution in [-0.2, 0) is 11.3 Å². The van der Waals surface area contributed by atoms with Gasteiger partial charge in [0.15, 0.2) is 0 Å². The molecule has 3 aromatic rings. The van der Waals surface area contributed by atoms with Crippen LogP contribution in [0.25, 0.3) is 10.9 Å². The summed E-state index contributed by atoms with van der Waals surface area (Å²) in [5, 5.41) is 4.00. The summed E-state index contributed by atoms with van der Waals surface area (Å²) in [6, 6.07) is 8.20. The van der Waals surface area contributed by atoms with Crippen molar-refractivity contribution in [2.24, 2.45) is 0 Å². The molecule has 0 atom stereocenters. The number of carbonyl (C=O) groups is 1. The highest BCUT2D eigenvalue weighted by atomic mass is 79.9. The van der Waals surface area contributed by atoms with Gasteiger partial charge in [-0.2, -0.15) is 0 Å². The van der Waals surface area contributed by atoms with Crippen LogP contribution in [0.15, 0.2) is 45.9 Å². The van der Waals surface area contributed by atoms with E-state index in [4.69, 9.17) is 34.8 Å². The number of amides is 1. The number of fused-ring (bicyclic) bond motifs is 1. The van der Waals surface area contributed by atoms with Crippen LogP contribution in [0.1, 0.15) is 6.42 Å². The normalized spacial score (nSPS) is 10.9. The number of benzene rings is 2. The smallest absolute Gasteiger partial charge is 0.261 e. The van der Waals surface area contributed by atoms with E-state index >= 15 is 0 Å². The molecule has 0 aliphatic rings. The van der Waals surface area contributed by atoms with Crippen molar-refractivity contribution in [3.05, 3.63) is 66.6 Å². The molecule has 0 aliphatic heterocycles.